The summed E-state index contributed by atoms with van der Waals surface area (Å²) in [5.74, 6) is 0. The van der Waals surface area contributed by atoms with Crippen LogP contribution in [-0.4, -0.2) is 13.0 Å². The lowest BCUT2D eigenvalue weighted by molar-refractivity contribution is 0.461. The SMILES string of the molecule is O=S(=O)([O-])c1ccccc1[S-]. The topological polar surface area (TPSA) is 57.2 Å². The molecular formula is C6H4O3S2-2. The van der Waals surface area contributed by atoms with Crippen molar-refractivity contribution in [2.75, 3.05) is 0 Å². The molecule has 0 heterocycles. The zero-order valence-electron chi connectivity index (χ0n) is 5.35. The lowest BCUT2D eigenvalue weighted by Crippen LogP contribution is -1.99. The van der Waals surface area contributed by atoms with Crippen LogP contribution in [0, 0.1) is 0 Å². The molecule has 0 saturated carbocycles. The lowest BCUT2D eigenvalue weighted by Gasteiger charge is -2.15. The normalized spacial score (nSPS) is 11.4. The summed E-state index contributed by atoms with van der Waals surface area (Å²) < 4.78 is 31.3. The van der Waals surface area contributed by atoms with Crippen LogP contribution in [0.1, 0.15) is 0 Å². The molecule has 11 heavy (non-hydrogen) atoms. The number of hydrogen-bond donors (Lipinski definition) is 0. The van der Waals surface area contributed by atoms with Crippen LogP contribution in [0.2, 0.25) is 0 Å². The first kappa shape index (κ1) is 8.45. The van der Waals surface area contributed by atoms with Crippen LogP contribution in [0.25, 0.3) is 0 Å². The summed E-state index contributed by atoms with van der Waals surface area (Å²) in [7, 11) is -4.39. The highest BCUT2D eigenvalue weighted by Crippen LogP contribution is 2.13. The first-order chi connectivity index (χ1) is 5.02. The average Bonchev–Trinajstić information content (AvgIpc) is 1.86. The Labute approximate surface area is 70.2 Å². The van der Waals surface area contributed by atoms with Gasteiger partial charge in [0.2, 0.25) is 0 Å². The molecule has 0 aliphatic rings. The van der Waals surface area contributed by atoms with E-state index < -0.39 is 10.1 Å². The standard InChI is InChI=1S/C6H6O3S2/c7-11(8,9)6-4-2-1-3-5(6)10/h1-4,10H,(H,7,8,9)/p-2. The van der Waals surface area contributed by atoms with Gasteiger partial charge >= 0.3 is 0 Å². The van der Waals surface area contributed by atoms with Crippen LogP contribution in [0.4, 0.5) is 0 Å². The van der Waals surface area contributed by atoms with Gasteiger partial charge in [-0.2, -0.15) is 4.90 Å². The zero-order chi connectivity index (χ0) is 8.48. The van der Waals surface area contributed by atoms with E-state index in [9.17, 15) is 13.0 Å². The molecule has 1 aromatic rings. The summed E-state index contributed by atoms with van der Waals surface area (Å²) >= 11 is 4.62. The van der Waals surface area contributed by atoms with Crippen molar-refractivity contribution in [3.05, 3.63) is 24.3 Å². The van der Waals surface area contributed by atoms with Crippen molar-refractivity contribution >= 4 is 22.7 Å². The minimum absolute atomic E-state index is 0.0718. The Hall–Kier alpha value is -0.650. The molecule has 0 radical (unpaired) electrons. The van der Waals surface area contributed by atoms with Crippen LogP contribution in [0.5, 0.6) is 0 Å². The van der Waals surface area contributed by atoms with Gasteiger partial charge < -0.3 is 17.2 Å². The van der Waals surface area contributed by atoms with E-state index in [4.69, 9.17) is 0 Å². The van der Waals surface area contributed by atoms with Gasteiger partial charge in [0.25, 0.3) is 0 Å². The quantitative estimate of drug-likeness (QED) is 0.475. The molecule has 0 bridgehead atoms. The first-order valence-corrected chi connectivity index (χ1v) is 4.55. The third-order valence-corrected chi connectivity index (χ3v) is 2.50. The summed E-state index contributed by atoms with van der Waals surface area (Å²) in [5, 5.41) is 0. The van der Waals surface area contributed by atoms with Crippen molar-refractivity contribution in [3.8, 4) is 0 Å². The largest absolute Gasteiger partial charge is 0.778 e. The molecule has 0 saturated heterocycles. The van der Waals surface area contributed by atoms with Crippen molar-refractivity contribution in [1.82, 2.24) is 0 Å². The number of rotatable bonds is 1. The van der Waals surface area contributed by atoms with E-state index in [2.05, 4.69) is 12.6 Å². The maximum atomic E-state index is 10.4. The summed E-state index contributed by atoms with van der Waals surface area (Å²) in [6.07, 6.45) is 0. The van der Waals surface area contributed by atoms with Crippen LogP contribution in [-0.2, 0) is 22.7 Å². The Bertz CT molecular complexity index is 356. The van der Waals surface area contributed by atoms with E-state index in [0.29, 0.717) is 0 Å². The Balaban J connectivity index is 3.37. The van der Waals surface area contributed by atoms with Crippen molar-refractivity contribution < 1.29 is 13.0 Å². The highest BCUT2D eigenvalue weighted by molar-refractivity contribution is 7.86. The molecule has 3 nitrogen and oxygen atoms in total. The summed E-state index contributed by atoms with van der Waals surface area (Å²) in [4.78, 5) is -0.252. The van der Waals surface area contributed by atoms with Crippen LogP contribution < -0.4 is 0 Å². The fraction of sp³-hybridized carbons (Fsp3) is 0. The molecule has 0 spiro atoms. The summed E-state index contributed by atoms with van der Waals surface area (Å²) in [6, 6.07) is 5.64. The molecule has 0 aromatic heterocycles. The van der Waals surface area contributed by atoms with Crippen LogP contribution >= 0.6 is 0 Å². The zero-order valence-corrected chi connectivity index (χ0v) is 6.98. The van der Waals surface area contributed by atoms with Gasteiger partial charge in [0, 0.05) is 4.90 Å². The minimum atomic E-state index is -4.39. The van der Waals surface area contributed by atoms with Crippen LogP contribution in [0.15, 0.2) is 34.1 Å². The minimum Gasteiger partial charge on any atom is -0.778 e. The second-order valence-electron chi connectivity index (χ2n) is 1.90. The van der Waals surface area contributed by atoms with Crippen LogP contribution in [0.3, 0.4) is 0 Å². The Morgan fingerprint density at radius 1 is 1.27 bits per heavy atom. The maximum Gasteiger partial charge on any atom is 0.122 e. The second kappa shape index (κ2) is 2.77. The molecule has 0 fully saturated rings. The van der Waals surface area contributed by atoms with E-state index in [1.54, 1.807) is 6.07 Å². The molecule has 0 aliphatic carbocycles. The van der Waals surface area contributed by atoms with Crippen molar-refractivity contribution in [2.24, 2.45) is 0 Å². The van der Waals surface area contributed by atoms with Gasteiger partial charge in [0.1, 0.15) is 10.1 Å². The second-order valence-corrected chi connectivity index (χ2v) is 3.69. The van der Waals surface area contributed by atoms with Gasteiger partial charge in [-0.25, -0.2) is 8.42 Å². The van der Waals surface area contributed by atoms with E-state index >= 15 is 0 Å². The molecule has 1 aromatic carbocycles. The van der Waals surface area contributed by atoms with Crippen molar-refractivity contribution in [2.45, 2.75) is 9.79 Å². The average molecular weight is 188 g/mol. The van der Waals surface area contributed by atoms with Gasteiger partial charge in [0.15, 0.2) is 0 Å². The highest BCUT2D eigenvalue weighted by atomic mass is 32.2. The van der Waals surface area contributed by atoms with Gasteiger partial charge in [-0.15, -0.1) is 0 Å². The summed E-state index contributed by atoms with van der Waals surface area (Å²) in [5.41, 5.74) is 0. The van der Waals surface area contributed by atoms with E-state index in [1.165, 1.54) is 18.2 Å². The van der Waals surface area contributed by atoms with Crippen molar-refractivity contribution in [3.63, 3.8) is 0 Å². The lowest BCUT2D eigenvalue weighted by atomic mass is 10.4. The molecule has 1 rings (SSSR count). The first-order valence-electron chi connectivity index (χ1n) is 2.74. The van der Waals surface area contributed by atoms with E-state index in [-0.39, 0.29) is 9.79 Å². The van der Waals surface area contributed by atoms with Crippen molar-refractivity contribution in [1.29, 1.82) is 0 Å². The van der Waals surface area contributed by atoms with Gasteiger partial charge in [0.05, 0.1) is 0 Å². The fourth-order valence-corrected chi connectivity index (χ4v) is 1.67. The number of hydrogen-bond acceptors (Lipinski definition) is 4. The Kier molecular flexibility index (Phi) is 2.12. The van der Waals surface area contributed by atoms with Gasteiger partial charge in [-0.05, 0) is 6.07 Å². The van der Waals surface area contributed by atoms with Gasteiger partial charge in [-0.3, -0.25) is 0 Å². The molecule has 0 amide bonds. The summed E-state index contributed by atoms with van der Waals surface area (Å²) in [6.45, 7) is 0. The molecule has 0 aliphatic heterocycles. The predicted molar refractivity (Wildman–Crippen MR) is 40.0 cm³/mol. The molecular weight excluding hydrogens is 184 g/mol. The third-order valence-electron chi connectivity index (χ3n) is 1.12. The molecule has 0 N–H and O–H groups in total. The molecule has 0 atom stereocenters. The maximum absolute atomic E-state index is 10.4. The fourth-order valence-electron chi connectivity index (χ4n) is 0.657. The third kappa shape index (κ3) is 1.89. The van der Waals surface area contributed by atoms with E-state index in [1.807, 2.05) is 0 Å². The predicted octanol–water partition coefficient (Wildman–Crippen LogP) is 0.497. The molecule has 5 heteroatoms. The smallest absolute Gasteiger partial charge is 0.122 e. The Morgan fingerprint density at radius 2 is 1.82 bits per heavy atom. The molecule has 0 unspecified atom stereocenters. The number of benzene rings is 1. The Morgan fingerprint density at radius 3 is 2.18 bits per heavy atom. The molecule has 60 valence electrons. The highest BCUT2D eigenvalue weighted by Gasteiger charge is 1.97. The van der Waals surface area contributed by atoms with E-state index in [0.717, 1.165) is 0 Å². The monoisotopic (exact) mass is 188 g/mol. The van der Waals surface area contributed by atoms with Gasteiger partial charge in [-0.1, -0.05) is 18.2 Å².